The van der Waals surface area contributed by atoms with Gasteiger partial charge in [-0.3, -0.25) is 4.48 Å². The maximum Gasteiger partial charge on any atom is 0.359 e. The second-order valence-electron chi connectivity index (χ2n) is 10.1. The van der Waals surface area contributed by atoms with E-state index < -0.39 is 42.0 Å². The summed E-state index contributed by atoms with van der Waals surface area (Å²) in [5.41, 5.74) is 0. The number of hydrogen-bond donors (Lipinski definition) is 3. The molecule has 0 aromatic heterocycles. The number of quaternary nitrogens is 1. The molecule has 0 aromatic rings. The van der Waals surface area contributed by atoms with Crippen LogP contribution in [0, 0.1) is 0 Å². The van der Waals surface area contributed by atoms with Crippen LogP contribution in [0.15, 0.2) is 12.2 Å². The van der Waals surface area contributed by atoms with Gasteiger partial charge in [-0.1, -0.05) is 103 Å². The zero-order valence-corrected chi connectivity index (χ0v) is 22.2. The minimum absolute atomic E-state index is 0.234. The molecule has 0 aliphatic carbocycles. The average Bonchev–Trinajstić information content (AvgIpc) is 2.76. The highest BCUT2D eigenvalue weighted by molar-refractivity contribution is 5.73. The van der Waals surface area contributed by atoms with Crippen molar-refractivity contribution in [3.8, 4) is 0 Å². The Kier molecular flexibility index (Phi) is 21.3. The van der Waals surface area contributed by atoms with Gasteiger partial charge in [0.15, 0.2) is 19.6 Å². The summed E-state index contributed by atoms with van der Waals surface area (Å²) in [5, 5.41) is 27.4. The molecule has 0 saturated carbocycles. The molecule has 3 N–H and O–H groups in total. The van der Waals surface area contributed by atoms with Gasteiger partial charge in [0.25, 0.3) is 0 Å². The van der Waals surface area contributed by atoms with Crippen molar-refractivity contribution in [1.82, 2.24) is 0 Å². The number of rotatable bonds is 26. The van der Waals surface area contributed by atoms with Crippen molar-refractivity contribution in [3.05, 3.63) is 12.2 Å². The van der Waals surface area contributed by atoms with Crippen molar-refractivity contribution in [2.75, 3.05) is 26.2 Å². The predicted octanol–water partition coefficient (Wildman–Crippen LogP) is 6.65. The van der Waals surface area contributed by atoms with Gasteiger partial charge in [-0.25, -0.2) is 14.4 Å². The molecule has 0 saturated heterocycles. The van der Waals surface area contributed by atoms with E-state index in [-0.39, 0.29) is 6.54 Å². The fourth-order valence-corrected chi connectivity index (χ4v) is 4.67. The summed E-state index contributed by atoms with van der Waals surface area (Å²) < 4.78 is -0.456. The van der Waals surface area contributed by atoms with Gasteiger partial charge in [0.05, 0.1) is 6.54 Å². The normalized spacial score (nSPS) is 11.8. The average molecular weight is 499 g/mol. The quantitative estimate of drug-likeness (QED) is 0.0699. The lowest BCUT2D eigenvalue weighted by Gasteiger charge is -2.34. The van der Waals surface area contributed by atoms with Crippen molar-refractivity contribution in [2.24, 2.45) is 0 Å². The van der Waals surface area contributed by atoms with Gasteiger partial charge in [0.2, 0.25) is 0 Å². The highest BCUT2D eigenvalue weighted by atomic mass is 16.4. The Morgan fingerprint density at radius 2 is 0.829 bits per heavy atom. The first kappa shape index (κ1) is 33.1. The van der Waals surface area contributed by atoms with Crippen LogP contribution in [0.3, 0.4) is 0 Å². The van der Waals surface area contributed by atoms with Crippen LogP contribution >= 0.6 is 0 Å². The van der Waals surface area contributed by atoms with Gasteiger partial charge in [-0.2, -0.15) is 0 Å². The molecule has 0 aliphatic rings. The van der Waals surface area contributed by atoms with Crippen LogP contribution in [0.2, 0.25) is 0 Å². The molecule has 7 nitrogen and oxygen atoms in total. The van der Waals surface area contributed by atoms with Crippen LogP contribution in [0.25, 0.3) is 0 Å². The molecule has 0 fully saturated rings. The molecule has 0 amide bonds. The van der Waals surface area contributed by atoms with Crippen molar-refractivity contribution >= 4 is 17.9 Å². The Balaban J connectivity index is 3.76. The first-order valence-corrected chi connectivity index (χ1v) is 14.0. The molecule has 0 atom stereocenters. The van der Waals surface area contributed by atoms with E-state index in [0.29, 0.717) is 6.42 Å². The zero-order valence-electron chi connectivity index (χ0n) is 22.2. The minimum Gasteiger partial charge on any atom is -0.477 e. The monoisotopic (exact) mass is 498 g/mol. The molecular formula is C28H52NO6+. The Bertz CT molecular complexity index is 549. The summed E-state index contributed by atoms with van der Waals surface area (Å²) in [6, 6.07) is 0. The molecule has 35 heavy (non-hydrogen) atoms. The van der Waals surface area contributed by atoms with E-state index >= 15 is 0 Å². The van der Waals surface area contributed by atoms with Gasteiger partial charge >= 0.3 is 17.9 Å². The van der Waals surface area contributed by atoms with E-state index in [0.717, 1.165) is 19.3 Å². The van der Waals surface area contributed by atoms with Crippen molar-refractivity contribution in [3.63, 3.8) is 0 Å². The second kappa shape index (κ2) is 22.6. The largest absolute Gasteiger partial charge is 0.477 e. The Hall–Kier alpha value is -1.89. The number of hydrogen-bond acceptors (Lipinski definition) is 3. The van der Waals surface area contributed by atoms with Crippen LogP contribution in [0.1, 0.15) is 122 Å². The molecule has 0 aromatic carbocycles. The SMILES string of the molecule is CCCCCCCCCCCCCCCC/C=C/CCCC[N+](CC(=O)O)(CC(=O)O)CC(=O)O. The first-order chi connectivity index (χ1) is 16.8. The minimum atomic E-state index is -1.18. The number of allylic oxidation sites excluding steroid dienone is 2. The van der Waals surface area contributed by atoms with Crippen LogP contribution in [-0.4, -0.2) is 63.9 Å². The zero-order chi connectivity index (χ0) is 26.2. The summed E-state index contributed by atoms with van der Waals surface area (Å²) in [5.74, 6) is -3.54. The Morgan fingerprint density at radius 3 is 1.17 bits per heavy atom. The van der Waals surface area contributed by atoms with E-state index in [1.807, 2.05) is 0 Å². The van der Waals surface area contributed by atoms with E-state index in [4.69, 9.17) is 15.3 Å². The lowest BCUT2D eigenvalue weighted by Crippen LogP contribution is -2.57. The summed E-state index contributed by atoms with van der Waals surface area (Å²) in [4.78, 5) is 33.5. The van der Waals surface area contributed by atoms with Crippen LogP contribution in [0.4, 0.5) is 0 Å². The molecule has 7 heteroatoms. The predicted molar refractivity (Wildman–Crippen MR) is 141 cm³/mol. The van der Waals surface area contributed by atoms with Crippen LogP contribution in [0.5, 0.6) is 0 Å². The highest BCUT2D eigenvalue weighted by Crippen LogP contribution is 2.14. The third kappa shape index (κ3) is 22.3. The summed E-state index contributed by atoms with van der Waals surface area (Å²) in [6.45, 7) is 1.02. The van der Waals surface area contributed by atoms with Crippen LogP contribution in [-0.2, 0) is 14.4 Å². The van der Waals surface area contributed by atoms with Gasteiger partial charge in [0.1, 0.15) is 0 Å². The smallest absolute Gasteiger partial charge is 0.359 e. The van der Waals surface area contributed by atoms with Crippen molar-refractivity contribution in [1.29, 1.82) is 0 Å². The van der Waals surface area contributed by atoms with Gasteiger partial charge < -0.3 is 15.3 Å². The molecular weight excluding hydrogens is 446 g/mol. The molecule has 204 valence electrons. The number of carboxylic acid groups (broad SMARTS) is 3. The van der Waals surface area contributed by atoms with Gasteiger partial charge in [-0.15, -0.1) is 0 Å². The molecule has 0 bridgehead atoms. The van der Waals surface area contributed by atoms with E-state index in [9.17, 15) is 14.4 Å². The first-order valence-electron chi connectivity index (χ1n) is 14.0. The third-order valence-electron chi connectivity index (χ3n) is 6.56. The van der Waals surface area contributed by atoms with Crippen molar-refractivity contribution < 1.29 is 34.2 Å². The van der Waals surface area contributed by atoms with Gasteiger partial charge in [-0.05, 0) is 32.1 Å². The maximum atomic E-state index is 11.2. The summed E-state index contributed by atoms with van der Waals surface area (Å²) >= 11 is 0. The molecule has 0 radical (unpaired) electrons. The second-order valence-corrected chi connectivity index (χ2v) is 10.1. The third-order valence-corrected chi connectivity index (χ3v) is 6.56. The van der Waals surface area contributed by atoms with Gasteiger partial charge in [0, 0.05) is 0 Å². The lowest BCUT2D eigenvalue weighted by molar-refractivity contribution is -0.907. The lowest BCUT2D eigenvalue weighted by atomic mass is 10.0. The molecule has 0 rings (SSSR count). The molecule has 0 heterocycles. The summed E-state index contributed by atoms with van der Waals surface area (Å²) in [6.07, 6.45) is 26.6. The number of unbranched alkanes of at least 4 members (excludes halogenated alkanes) is 16. The number of carbonyl (C=O) groups is 3. The topological polar surface area (TPSA) is 112 Å². The van der Waals surface area contributed by atoms with Crippen LogP contribution < -0.4 is 0 Å². The fraction of sp³-hybridized carbons (Fsp3) is 0.821. The number of nitrogens with zero attached hydrogens (tertiary/aromatic N) is 1. The fourth-order valence-electron chi connectivity index (χ4n) is 4.67. The van der Waals surface area contributed by atoms with E-state index in [1.165, 1.54) is 89.9 Å². The number of carboxylic acids is 3. The van der Waals surface area contributed by atoms with E-state index in [2.05, 4.69) is 19.1 Å². The standard InChI is InChI=1S/C28H51NO6/c1-2-3-4-5-6-7-8-9-10-11-12-13-14-15-16-17-18-19-20-21-22-29(23-26(30)31,24-27(32)33)25-28(34)35/h17-18H,2-16,19-25H2,1H3,(H2-,30,31,32,33,34,35)/p+1/b18-17+. The molecule has 0 aliphatic heterocycles. The van der Waals surface area contributed by atoms with E-state index in [1.54, 1.807) is 0 Å². The molecule has 0 spiro atoms. The Labute approximate surface area is 213 Å². The summed E-state index contributed by atoms with van der Waals surface area (Å²) in [7, 11) is 0. The van der Waals surface area contributed by atoms with Crippen molar-refractivity contribution in [2.45, 2.75) is 122 Å². The molecule has 0 unspecified atom stereocenters. The highest BCUT2D eigenvalue weighted by Gasteiger charge is 2.35. The Morgan fingerprint density at radius 1 is 0.514 bits per heavy atom. The maximum absolute atomic E-state index is 11.2. The number of aliphatic carboxylic acids is 3.